The van der Waals surface area contributed by atoms with Crippen LogP contribution < -0.4 is 10.6 Å². The Morgan fingerprint density at radius 3 is 2.37 bits per heavy atom. The fourth-order valence-electron chi connectivity index (χ4n) is 3.46. The molecular formula is C25H25F3N4O3. The molecule has 2 amide bonds. The lowest BCUT2D eigenvalue weighted by atomic mass is 10.1. The van der Waals surface area contributed by atoms with E-state index >= 15 is 0 Å². The number of aryl methyl sites for hydroxylation is 1. The number of aromatic nitrogens is 2. The van der Waals surface area contributed by atoms with Crippen molar-refractivity contribution in [2.45, 2.75) is 40.4 Å². The van der Waals surface area contributed by atoms with E-state index in [4.69, 9.17) is 0 Å². The SMILES string of the molecule is Cc1nn(-c2cccc(C(F)(F)F)c2)c(C)c1C(=O)C(=O)NCc1cccc(NC(=O)C(C)C)c1. The summed E-state index contributed by atoms with van der Waals surface area (Å²) in [7, 11) is 0. The van der Waals surface area contributed by atoms with Crippen LogP contribution in [0.4, 0.5) is 18.9 Å². The van der Waals surface area contributed by atoms with Gasteiger partial charge in [0.25, 0.3) is 11.7 Å². The topological polar surface area (TPSA) is 93.1 Å². The van der Waals surface area contributed by atoms with Gasteiger partial charge >= 0.3 is 6.18 Å². The van der Waals surface area contributed by atoms with Crippen LogP contribution in [0.25, 0.3) is 5.69 Å². The summed E-state index contributed by atoms with van der Waals surface area (Å²) < 4.78 is 40.5. The van der Waals surface area contributed by atoms with Crippen molar-refractivity contribution < 1.29 is 27.6 Å². The maximum atomic E-state index is 13.1. The van der Waals surface area contributed by atoms with Gasteiger partial charge in [-0.3, -0.25) is 14.4 Å². The van der Waals surface area contributed by atoms with Crippen LogP contribution >= 0.6 is 0 Å². The number of Topliss-reactive ketones (excluding diaryl/α,β-unsaturated/α-hetero) is 1. The number of benzene rings is 2. The molecule has 0 aliphatic carbocycles. The molecule has 1 heterocycles. The first kappa shape index (κ1) is 25.7. The second kappa shape index (κ2) is 10.1. The third-order valence-corrected chi connectivity index (χ3v) is 5.31. The smallest absolute Gasteiger partial charge is 0.345 e. The highest BCUT2D eigenvalue weighted by atomic mass is 19.4. The second-order valence-corrected chi connectivity index (χ2v) is 8.36. The molecule has 3 aromatic rings. The molecule has 2 N–H and O–H groups in total. The number of hydrogen-bond acceptors (Lipinski definition) is 4. The highest BCUT2D eigenvalue weighted by Crippen LogP contribution is 2.31. The highest BCUT2D eigenvalue weighted by molar-refractivity contribution is 6.43. The number of amides is 2. The lowest BCUT2D eigenvalue weighted by Gasteiger charge is -2.11. The summed E-state index contributed by atoms with van der Waals surface area (Å²) >= 11 is 0. The predicted octanol–water partition coefficient (Wildman–Crippen LogP) is 4.60. The summed E-state index contributed by atoms with van der Waals surface area (Å²) in [6.45, 7) is 6.60. The van der Waals surface area contributed by atoms with E-state index in [0.717, 1.165) is 12.1 Å². The van der Waals surface area contributed by atoms with Crippen LogP contribution in [-0.2, 0) is 22.3 Å². The van der Waals surface area contributed by atoms with E-state index < -0.39 is 23.4 Å². The molecule has 0 aliphatic heterocycles. The number of anilines is 1. The summed E-state index contributed by atoms with van der Waals surface area (Å²) in [6.07, 6.45) is -4.53. The Labute approximate surface area is 200 Å². The van der Waals surface area contributed by atoms with Crippen molar-refractivity contribution in [1.29, 1.82) is 0 Å². The maximum Gasteiger partial charge on any atom is 0.416 e. The highest BCUT2D eigenvalue weighted by Gasteiger charge is 2.31. The Hall–Kier alpha value is -3.95. The van der Waals surface area contributed by atoms with E-state index in [1.807, 2.05) is 0 Å². The van der Waals surface area contributed by atoms with Gasteiger partial charge in [0.1, 0.15) is 0 Å². The van der Waals surface area contributed by atoms with Gasteiger partial charge in [-0.05, 0) is 49.7 Å². The van der Waals surface area contributed by atoms with Crippen LogP contribution in [0.5, 0.6) is 0 Å². The van der Waals surface area contributed by atoms with Gasteiger partial charge in [-0.25, -0.2) is 4.68 Å². The van der Waals surface area contributed by atoms with Gasteiger partial charge in [0, 0.05) is 18.2 Å². The molecule has 184 valence electrons. The normalized spacial score (nSPS) is 11.4. The molecule has 0 spiro atoms. The average Bonchev–Trinajstić information content (AvgIpc) is 3.10. The monoisotopic (exact) mass is 486 g/mol. The number of carbonyl (C=O) groups is 3. The third kappa shape index (κ3) is 5.95. The minimum atomic E-state index is -4.53. The lowest BCUT2D eigenvalue weighted by molar-refractivity contribution is -0.137. The molecule has 0 saturated carbocycles. The predicted molar refractivity (Wildman–Crippen MR) is 124 cm³/mol. The molecule has 2 aromatic carbocycles. The third-order valence-electron chi connectivity index (χ3n) is 5.31. The summed E-state index contributed by atoms with van der Waals surface area (Å²) in [6, 6.07) is 11.4. The number of nitrogens with one attached hydrogen (secondary N) is 2. The standard InChI is InChI=1S/C25H25F3N4O3/c1-14(2)23(34)30-19-9-5-7-17(11-19)13-29-24(35)22(33)21-15(3)31-32(16(21)4)20-10-6-8-18(12-20)25(26,27)28/h5-12,14H,13H2,1-4H3,(H,29,35)(H,30,34). The van der Waals surface area contributed by atoms with Crippen LogP contribution in [-0.4, -0.2) is 27.4 Å². The van der Waals surface area contributed by atoms with Crippen molar-refractivity contribution in [3.8, 4) is 5.69 Å². The Bertz CT molecular complexity index is 1280. The first-order valence-electron chi connectivity index (χ1n) is 10.8. The van der Waals surface area contributed by atoms with Crippen molar-refractivity contribution in [2.75, 3.05) is 5.32 Å². The summed E-state index contributed by atoms with van der Waals surface area (Å²) in [5.41, 5.74) is 1.01. The lowest BCUT2D eigenvalue weighted by Crippen LogP contribution is -2.31. The van der Waals surface area contributed by atoms with E-state index in [2.05, 4.69) is 15.7 Å². The van der Waals surface area contributed by atoms with E-state index in [1.165, 1.54) is 30.7 Å². The van der Waals surface area contributed by atoms with Crippen LogP contribution in [0.2, 0.25) is 0 Å². The summed E-state index contributed by atoms with van der Waals surface area (Å²) in [5.74, 6) is -2.07. The Balaban J connectivity index is 1.76. The first-order valence-corrected chi connectivity index (χ1v) is 10.8. The number of nitrogens with zero attached hydrogens (tertiary/aromatic N) is 2. The molecule has 7 nitrogen and oxygen atoms in total. The molecule has 0 aliphatic rings. The zero-order valence-corrected chi connectivity index (χ0v) is 19.7. The molecule has 10 heteroatoms. The fourth-order valence-corrected chi connectivity index (χ4v) is 3.46. The number of alkyl halides is 3. The van der Waals surface area contributed by atoms with Crippen molar-refractivity contribution in [2.24, 2.45) is 5.92 Å². The van der Waals surface area contributed by atoms with Gasteiger partial charge in [0.15, 0.2) is 0 Å². The quantitative estimate of drug-likeness (QED) is 0.377. The second-order valence-electron chi connectivity index (χ2n) is 8.36. The molecule has 3 rings (SSSR count). The largest absolute Gasteiger partial charge is 0.416 e. The summed E-state index contributed by atoms with van der Waals surface area (Å²) in [5, 5.41) is 9.50. The van der Waals surface area contributed by atoms with E-state index in [1.54, 1.807) is 38.1 Å². The van der Waals surface area contributed by atoms with Gasteiger partial charge in [-0.1, -0.05) is 32.0 Å². The Kier molecular flexibility index (Phi) is 7.42. The van der Waals surface area contributed by atoms with Gasteiger partial charge in [-0.15, -0.1) is 0 Å². The van der Waals surface area contributed by atoms with E-state index in [0.29, 0.717) is 11.3 Å². The number of carbonyl (C=O) groups excluding carboxylic acids is 3. The fraction of sp³-hybridized carbons (Fsp3) is 0.280. The average molecular weight is 486 g/mol. The zero-order chi connectivity index (χ0) is 25.9. The van der Waals surface area contributed by atoms with Crippen LogP contribution in [0.3, 0.4) is 0 Å². The maximum absolute atomic E-state index is 13.1. The van der Waals surface area contributed by atoms with Gasteiger partial charge in [-0.2, -0.15) is 18.3 Å². The number of halogens is 3. The molecule has 0 fully saturated rings. The molecule has 0 radical (unpaired) electrons. The van der Waals surface area contributed by atoms with Crippen LogP contribution in [0, 0.1) is 19.8 Å². The molecule has 35 heavy (non-hydrogen) atoms. The van der Waals surface area contributed by atoms with Gasteiger partial charge in [0.2, 0.25) is 5.91 Å². The van der Waals surface area contributed by atoms with Gasteiger partial charge < -0.3 is 10.6 Å². The van der Waals surface area contributed by atoms with Crippen molar-refractivity contribution in [1.82, 2.24) is 15.1 Å². The Morgan fingerprint density at radius 1 is 1.03 bits per heavy atom. The van der Waals surface area contributed by atoms with Crippen molar-refractivity contribution >= 4 is 23.3 Å². The minimum absolute atomic E-state index is 0.0258. The molecule has 0 saturated heterocycles. The van der Waals surface area contributed by atoms with Crippen LogP contribution in [0.1, 0.15) is 46.7 Å². The number of rotatable bonds is 7. The Morgan fingerprint density at radius 2 is 1.71 bits per heavy atom. The molecule has 0 atom stereocenters. The zero-order valence-electron chi connectivity index (χ0n) is 19.7. The van der Waals surface area contributed by atoms with Gasteiger partial charge in [0.05, 0.1) is 28.2 Å². The van der Waals surface area contributed by atoms with Crippen LogP contribution in [0.15, 0.2) is 48.5 Å². The van der Waals surface area contributed by atoms with E-state index in [9.17, 15) is 27.6 Å². The molecule has 1 aromatic heterocycles. The molecule has 0 unspecified atom stereocenters. The first-order chi connectivity index (χ1) is 16.4. The molecule has 0 bridgehead atoms. The van der Waals surface area contributed by atoms with E-state index in [-0.39, 0.29) is 41.0 Å². The number of ketones is 1. The number of hydrogen-bond donors (Lipinski definition) is 2. The summed E-state index contributed by atoms with van der Waals surface area (Å²) in [4.78, 5) is 37.3. The van der Waals surface area contributed by atoms with Crippen molar-refractivity contribution in [3.63, 3.8) is 0 Å². The molecular weight excluding hydrogens is 461 g/mol. The minimum Gasteiger partial charge on any atom is -0.345 e. The van der Waals surface area contributed by atoms with Crippen molar-refractivity contribution in [3.05, 3.63) is 76.6 Å².